The van der Waals surface area contributed by atoms with E-state index < -0.39 is 0 Å². The predicted molar refractivity (Wildman–Crippen MR) is 148 cm³/mol. The number of carbonyl (C=O) groups excluding carboxylic acids is 2. The molecule has 2 amide bonds. The fourth-order valence-corrected chi connectivity index (χ4v) is 6.08. The first-order valence-electron chi connectivity index (χ1n) is 14.2. The van der Waals surface area contributed by atoms with E-state index in [0.717, 1.165) is 63.2 Å². The van der Waals surface area contributed by atoms with Crippen LogP contribution >= 0.6 is 0 Å². The summed E-state index contributed by atoms with van der Waals surface area (Å²) in [6.45, 7) is 6.15. The van der Waals surface area contributed by atoms with Crippen LogP contribution in [0, 0.1) is 5.92 Å². The molecule has 198 valence electrons. The van der Waals surface area contributed by atoms with E-state index in [1.807, 2.05) is 24.3 Å². The summed E-state index contributed by atoms with van der Waals surface area (Å²) in [4.78, 5) is 34.8. The van der Waals surface area contributed by atoms with Gasteiger partial charge in [-0.2, -0.15) is 0 Å². The minimum atomic E-state index is -0.192. The smallest absolute Gasteiger partial charge is 0.274 e. The maximum atomic E-state index is 12.8. The van der Waals surface area contributed by atoms with Gasteiger partial charge in [-0.3, -0.25) is 14.5 Å². The lowest BCUT2D eigenvalue weighted by molar-refractivity contribution is -0.127. The summed E-state index contributed by atoms with van der Waals surface area (Å²) in [5.41, 5.74) is 3.46. The van der Waals surface area contributed by atoms with Crippen LogP contribution in [0.25, 0.3) is 0 Å². The van der Waals surface area contributed by atoms with Gasteiger partial charge >= 0.3 is 0 Å². The van der Waals surface area contributed by atoms with E-state index in [9.17, 15) is 9.59 Å². The van der Waals surface area contributed by atoms with Crippen molar-refractivity contribution in [1.29, 1.82) is 0 Å². The summed E-state index contributed by atoms with van der Waals surface area (Å²) < 4.78 is 0. The first-order chi connectivity index (χ1) is 18.1. The van der Waals surface area contributed by atoms with E-state index in [0.29, 0.717) is 11.7 Å². The predicted octanol–water partition coefficient (Wildman–Crippen LogP) is 5.16. The lowest BCUT2D eigenvalue weighted by Gasteiger charge is -2.36. The van der Waals surface area contributed by atoms with Gasteiger partial charge in [-0.15, -0.1) is 0 Å². The standard InChI is InChI=1S/C30H41N5O2/c1-22(34-18-14-23(15-19-34)29(36)32-25-9-3-2-4-10-25)24-8-7-11-26(20-24)33-30(37)28-13-12-27(21-31-28)35-16-5-6-17-35/h7-8,11-13,20-23,25H,2-6,9-10,14-19H2,1H3,(H,32,36)(H,33,37). The van der Waals surface area contributed by atoms with Crippen molar-refractivity contribution in [3.8, 4) is 0 Å². The van der Waals surface area contributed by atoms with Crippen molar-refractivity contribution in [3.63, 3.8) is 0 Å². The number of rotatable bonds is 7. The zero-order valence-electron chi connectivity index (χ0n) is 22.1. The molecule has 1 unspecified atom stereocenters. The number of amides is 2. The molecule has 2 aromatic rings. The fourth-order valence-electron chi connectivity index (χ4n) is 6.08. The van der Waals surface area contributed by atoms with Crippen LogP contribution in [0.5, 0.6) is 0 Å². The molecule has 1 saturated carbocycles. The Bertz CT molecular complexity index is 1050. The zero-order chi connectivity index (χ0) is 25.6. The highest BCUT2D eigenvalue weighted by Gasteiger charge is 2.29. The largest absolute Gasteiger partial charge is 0.370 e. The van der Waals surface area contributed by atoms with Crippen LogP contribution in [0.1, 0.15) is 86.8 Å². The average molecular weight is 504 g/mol. The Balaban J connectivity index is 1.13. The molecule has 7 heteroatoms. The molecule has 3 aliphatic rings. The van der Waals surface area contributed by atoms with Crippen LogP contribution in [-0.2, 0) is 4.79 Å². The monoisotopic (exact) mass is 503 g/mol. The van der Waals surface area contributed by atoms with E-state index >= 15 is 0 Å². The number of pyridine rings is 1. The maximum absolute atomic E-state index is 12.8. The molecule has 0 bridgehead atoms. The minimum Gasteiger partial charge on any atom is -0.370 e. The van der Waals surface area contributed by atoms with Gasteiger partial charge in [-0.1, -0.05) is 31.4 Å². The Morgan fingerprint density at radius 2 is 1.68 bits per heavy atom. The van der Waals surface area contributed by atoms with Gasteiger partial charge < -0.3 is 15.5 Å². The Morgan fingerprint density at radius 1 is 0.919 bits per heavy atom. The van der Waals surface area contributed by atoms with Gasteiger partial charge in [0.05, 0.1) is 11.9 Å². The van der Waals surface area contributed by atoms with Crippen molar-refractivity contribution < 1.29 is 9.59 Å². The molecular weight excluding hydrogens is 462 g/mol. The van der Waals surface area contributed by atoms with E-state index in [1.54, 1.807) is 6.20 Å². The number of aromatic nitrogens is 1. The summed E-state index contributed by atoms with van der Waals surface area (Å²) in [6.07, 6.45) is 12.1. The molecule has 7 nitrogen and oxygen atoms in total. The van der Waals surface area contributed by atoms with Crippen LogP contribution in [-0.4, -0.2) is 53.9 Å². The molecule has 37 heavy (non-hydrogen) atoms. The Morgan fingerprint density at radius 3 is 2.38 bits per heavy atom. The van der Waals surface area contributed by atoms with Crippen LogP contribution in [0.3, 0.4) is 0 Å². The first-order valence-corrected chi connectivity index (χ1v) is 14.2. The maximum Gasteiger partial charge on any atom is 0.274 e. The molecule has 1 aromatic heterocycles. The van der Waals surface area contributed by atoms with Gasteiger partial charge in [0.2, 0.25) is 5.91 Å². The normalized spacial score (nSPS) is 20.5. The van der Waals surface area contributed by atoms with Gasteiger partial charge in [0.25, 0.3) is 5.91 Å². The summed E-state index contributed by atoms with van der Waals surface area (Å²) in [5.74, 6) is 0.189. The summed E-state index contributed by atoms with van der Waals surface area (Å²) in [6, 6.07) is 12.5. The number of nitrogens with zero attached hydrogens (tertiary/aromatic N) is 3. The van der Waals surface area contributed by atoms with Gasteiger partial charge in [0.1, 0.15) is 5.69 Å². The summed E-state index contributed by atoms with van der Waals surface area (Å²) in [5, 5.41) is 6.34. The van der Waals surface area contributed by atoms with Crippen molar-refractivity contribution in [2.75, 3.05) is 36.4 Å². The number of hydrogen-bond donors (Lipinski definition) is 2. The van der Waals surface area contributed by atoms with Gasteiger partial charge in [0.15, 0.2) is 0 Å². The fraction of sp³-hybridized carbons (Fsp3) is 0.567. The van der Waals surface area contributed by atoms with E-state index in [1.165, 1.54) is 37.7 Å². The molecule has 0 radical (unpaired) electrons. The minimum absolute atomic E-state index is 0.125. The topological polar surface area (TPSA) is 77.6 Å². The number of hydrogen-bond acceptors (Lipinski definition) is 5. The lowest BCUT2D eigenvalue weighted by atomic mass is 9.91. The van der Waals surface area contributed by atoms with E-state index in [4.69, 9.17) is 0 Å². The molecule has 2 aliphatic heterocycles. The highest BCUT2D eigenvalue weighted by atomic mass is 16.2. The molecule has 3 fully saturated rings. The number of anilines is 2. The number of benzene rings is 1. The third kappa shape index (κ3) is 6.50. The second-order valence-electron chi connectivity index (χ2n) is 11.0. The number of carbonyl (C=O) groups is 2. The Kier molecular flexibility index (Phi) is 8.39. The zero-order valence-corrected chi connectivity index (χ0v) is 22.1. The van der Waals surface area contributed by atoms with Crippen LogP contribution in [0.15, 0.2) is 42.6 Å². The van der Waals surface area contributed by atoms with E-state index in [2.05, 4.69) is 44.5 Å². The highest BCUT2D eigenvalue weighted by Crippen LogP contribution is 2.29. The summed E-state index contributed by atoms with van der Waals surface area (Å²) in [7, 11) is 0. The number of piperidine rings is 1. The molecule has 2 saturated heterocycles. The van der Waals surface area contributed by atoms with Crippen LogP contribution < -0.4 is 15.5 Å². The van der Waals surface area contributed by atoms with Crippen molar-refractivity contribution in [2.24, 2.45) is 5.92 Å². The van der Waals surface area contributed by atoms with Crippen molar-refractivity contribution in [1.82, 2.24) is 15.2 Å². The molecule has 1 atom stereocenters. The van der Waals surface area contributed by atoms with Gasteiger partial charge in [0, 0.05) is 36.8 Å². The molecule has 1 aromatic carbocycles. The van der Waals surface area contributed by atoms with E-state index in [-0.39, 0.29) is 23.8 Å². The van der Waals surface area contributed by atoms with Gasteiger partial charge in [-0.25, -0.2) is 4.98 Å². The SMILES string of the molecule is CC(c1cccc(NC(=O)c2ccc(N3CCCC3)cn2)c1)N1CCC(C(=O)NC2CCCCC2)CC1. The second-order valence-corrected chi connectivity index (χ2v) is 11.0. The van der Waals surface area contributed by atoms with Crippen molar-refractivity contribution in [3.05, 3.63) is 53.9 Å². The van der Waals surface area contributed by atoms with Crippen molar-refractivity contribution >= 4 is 23.2 Å². The molecule has 5 rings (SSSR count). The van der Waals surface area contributed by atoms with Crippen LogP contribution in [0.4, 0.5) is 11.4 Å². The lowest BCUT2D eigenvalue weighted by Crippen LogP contribution is -2.44. The quantitative estimate of drug-likeness (QED) is 0.546. The third-order valence-electron chi connectivity index (χ3n) is 8.48. The summed E-state index contributed by atoms with van der Waals surface area (Å²) >= 11 is 0. The second kappa shape index (κ2) is 12.1. The molecule has 2 N–H and O–H groups in total. The Hall–Kier alpha value is -2.93. The molecular formula is C30H41N5O2. The molecule has 1 aliphatic carbocycles. The Labute approximate surface area is 221 Å². The number of likely N-dealkylation sites (tertiary alicyclic amines) is 1. The highest BCUT2D eigenvalue weighted by molar-refractivity contribution is 6.03. The van der Waals surface area contributed by atoms with Gasteiger partial charge in [-0.05, 0) is 88.4 Å². The third-order valence-corrected chi connectivity index (χ3v) is 8.48. The average Bonchev–Trinajstić information content (AvgIpc) is 3.49. The van der Waals surface area contributed by atoms with Crippen LogP contribution in [0.2, 0.25) is 0 Å². The molecule has 0 spiro atoms. The number of nitrogens with one attached hydrogen (secondary N) is 2. The first kappa shape index (κ1) is 25.7. The van der Waals surface area contributed by atoms with Crippen molar-refractivity contribution in [2.45, 2.75) is 76.8 Å². The molecule has 3 heterocycles.